The molecule has 0 aliphatic carbocycles. The van der Waals surface area contributed by atoms with Gasteiger partial charge in [0.05, 0.1) is 11.4 Å². The molecule has 0 aliphatic heterocycles. The van der Waals surface area contributed by atoms with Crippen LogP contribution >= 0.6 is 0 Å². The molecule has 1 amide bonds. The van der Waals surface area contributed by atoms with Gasteiger partial charge < -0.3 is 5.32 Å². The lowest BCUT2D eigenvalue weighted by Crippen LogP contribution is -2.22. The van der Waals surface area contributed by atoms with Crippen molar-refractivity contribution in [1.29, 1.82) is 0 Å². The number of carbonyl (C=O) groups is 1. The molecule has 0 bridgehead atoms. The summed E-state index contributed by atoms with van der Waals surface area (Å²) >= 11 is 0. The number of hydrogen-bond donors (Lipinski definition) is 2. The van der Waals surface area contributed by atoms with Crippen LogP contribution in [0.4, 0.5) is 4.39 Å². The summed E-state index contributed by atoms with van der Waals surface area (Å²) in [6.07, 6.45) is 1.87. The topological polar surface area (TPSA) is 88.5 Å². The maximum absolute atomic E-state index is 13.4. The highest BCUT2D eigenvalue weighted by Gasteiger charge is 2.15. The second-order valence-electron chi connectivity index (χ2n) is 7.00. The predicted octanol–water partition coefficient (Wildman–Crippen LogP) is 3.88. The average Bonchev–Trinajstić information content (AvgIpc) is 3.45. The minimum atomic E-state index is -0.315. The standard InChI is InChI=1S/C23H17FN6O/c24-18-9-6-15(7-10-18)22-17(14-30(28-22)19-4-2-1-3-5-19)13-25-23(31)16-8-11-20-21(12-16)27-29-26-20/h1-12,14H,13H2,(H,25,31)(H,26,27,29). The zero-order chi connectivity index (χ0) is 21.2. The molecule has 152 valence electrons. The van der Waals surface area contributed by atoms with E-state index in [1.807, 2.05) is 36.5 Å². The third kappa shape index (κ3) is 3.78. The van der Waals surface area contributed by atoms with E-state index in [1.54, 1.807) is 35.0 Å². The Hall–Kier alpha value is -4.33. The largest absolute Gasteiger partial charge is 0.348 e. The Morgan fingerprint density at radius 3 is 2.55 bits per heavy atom. The van der Waals surface area contributed by atoms with E-state index in [9.17, 15) is 9.18 Å². The fraction of sp³-hybridized carbons (Fsp3) is 0.0435. The third-order valence-corrected chi connectivity index (χ3v) is 4.95. The predicted molar refractivity (Wildman–Crippen MR) is 114 cm³/mol. The zero-order valence-corrected chi connectivity index (χ0v) is 16.3. The molecule has 8 heteroatoms. The Bertz CT molecular complexity index is 1360. The van der Waals surface area contributed by atoms with Gasteiger partial charge in [0.2, 0.25) is 0 Å². The minimum Gasteiger partial charge on any atom is -0.348 e. The number of nitrogens with one attached hydrogen (secondary N) is 2. The van der Waals surface area contributed by atoms with E-state index in [1.165, 1.54) is 12.1 Å². The summed E-state index contributed by atoms with van der Waals surface area (Å²) in [5, 5.41) is 18.2. The van der Waals surface area contributed by atoms with Crippen LogP contribution in [-0.4, -0.2) is 31.1 Å². The highest BCUT2D eigenvalue weighted by molar-refractivity contribution is 5.97. The van der Waals surface area contributed by atoms with Gasteiger partial charge >= 0.3 is 0 Å². The Labute approximate surface area is 176 Å². The second kappa shape index (κ2) is 7.83. The van der Waals surface area contributed by atoms with Gasteiger partial charge in [0.25, 0.3) is 5.91 Å². The van der Waals surface area contributed by atoms with Crippen molar-refractivity contribution in [2.45, 2.75) is 6.54 Å². The molecule has 0 spiro atoms. The van der Waals surface area contributed by atoms with Crippen molar-refractivity contribution in [3.05, 3.63) is 95.9 Å². The molecule has 2 heterocycles. The Morgan fingerprint density at radius 1 is 0.968 bits per heavy atom. The third-order valence-electron chi connectivity index (χ3n) is 4.95. The van der Waals surface area contributed by atoms with Gasteiger partial charge in [0.1, 0.15) is 16.9 Å². The van der Waals surface area contributed by atoms with Crippen molar-refractivity contribution in [2.24, 2.45) is 0 Å². The average molecular weight is 412 g/mol. The van der Waals surface area contributed by atoms with Crippen LogP contribution in [0.5, 0.6) is 0 Å². The molecule has 3 aromatic carbocycles. The highest BCUT2D eigenvalue weighted by Crippen LogP contribution is 2.24. The Balaban J connectivity index is 1.44. The molecule has 0 aliphatic rings. The number of fused-ring (bicyclic) bond motifs is 1. The Morgan fingerprint density at radius 2 is 1.74 bits per heavy atom. The molecular weight excluding hydrogens is 395 g/mol. The van der Waals surface area contributed by atoms with Crippen LogP contribution in [-0.2, 0) is 6.54 Å². The first kappa shape index (κ1) is 18.7. The van der Waals surface area contributed by atoms with Crippen molar-refractivity contribution < 1.29 is 9.18 Å². The van der Waals surface area contributed by atoms with Gasteiger partial charge in [-0.1, -0.05) is 18.2 Å². The number of H-pyrrole nitrogens is 1. The SMILES string of the molecule is O=C(NCc1cn(-c2ccccc2)nc1-c1ccc(F)cc1)c1ccc2n[nH]nc2c1. The maximum atomic E-state index is 13.4. The monoisotopic (exact) mass is 412 g/mol. The molecule has 7 nitrogen and oxygen atoms in total. The molecule has 0 unspecified atom stereocenters. The fourth-order valence-electron chi connectivity index (χ4n) is 3.36. The number of halogens is 1. The number of hydrogen-bond acceptors (Lipinski definition) is 4. The van der Waals surface area contributed by atoms with E-state index in [0.29, 0.717) is 22.3 Å². The smallest absolute Gasteiger partial charge is 0.251 e. The number of benzene rings is 3. The molecule has 5 aromatic rings. The van der Waals surface area contributed by atoms with E-state index in [4.69, 9.17) is 0 Å². The zero-order valence-electron chi connectivity index (χ0n) is 16.3. The molecule has 0 atom stereocenters. The van der Waals surface area contributed by atoms with Gasteiger partial charge in [0.15, 0.2) is 0 Å². The molecule has 0 fully saturated rings. The van der Waals surface area contributed by atoms with Crippen molar-refractivity contribution >= 4 is 16.9 Å². The minimum absolute atomic E-state index is 0.234. The first-order valence-electron chi connectivity index (χ1n) is 9.66. The molecule has 0 radical (unpaired) electrons. The van der Waals surface area contributed by atoms with E-state index in [2.05, 4.69) is 25.8 Å². The number of carbonyl (C=O) groups excluding carboxylic acids is 1. The fourth-order valence-corrected chi connectivity index (χ4v) is 3.36. The summed E-state index contributed by atoms with van der Waals surface area (Å²) in [5.41, 5.74) is 4.95. The normalized spacial score (nSPS) is 11.0. The molecule has 5 rings (SSSR count). The van der Waals surface area contributed by atoms with Gasteiger partial charge in [-0.2, -0.15) is 20.5 Å². The van der Waals surface area contributed by atoms with E-state index >= 15 is 0 Å². The lowest BCUT2D eigenvalue weighted by Gasteiger charge is -2.06. The number of nitrogens with zero attached hydrogens (tertiary/aromatic N) is 4. The highest BCUT2D eigenvalue weighted by atomic mass is 19.1. The van der Waals surface area contributed by atoms with Crippen LogP contribution in [0.2, 0.25) is 0 Å². The maximum Gasteiger partial charge on any atom is 0.251 e. The van der Waals surface area contributed by atoms with Crippen LogP contribution in [0, 0.1) is 5.82 Å². The summed E-state index contributed by atoms with van der Waals surface area (Å²) in [6, 6.07) is 20.9. The molecule has 2 aromatic heterocycles. The summed E-state index contributed by atoms with van der Waals surface area (Å²) in [6.45, 7) is 0.259. The summed E-state index contributed by atoms with van der Waals surface area (Å²) in [4.78, 5) is 12.7. The first-order valence-corrected chi connectivity index (χ1v) is 9.66. The molecule has 2 N–H and O–H groups in total. The van der Waals surface area contributed by atoms with Crippen molar-refractivity contribution in [2.75, 3.05) is 0 Å². The summed E-state index contributed by atoms with van der Waals surface area (Å²) in [7, 11) is 0. The Kier molecular flexibility index (Phi) is 4.72. The number of aromatic amines is 1. The molecule has 0 saturated carbocycles. The number of para-hydroxylation sites is 1. The van der Waals surface area contributed by atoms with Crippen molar-refractivity contribution in [3.63, 3.8) is 0 Å². The van der Waals surface area contributed by atoms with E-state index in [0.717, 1.165) is 16.8 Å². The van der Waals surface area contributed by atoms with Crippen LogP contribution in [0.15, 0.2) is 79.0 Å². The van der Waals surface area contributed by atoms with E-state index < -0.39 is 0 Å². The van der Waals surface area contributed by atoms with Crippen LogP contribution in [0.25, 0.3) is 28.0 Å². The van der Waals surface area contributed by atoms with Gasteiger partial charge in [-0.25, -0.2) is 9.07 Å². The molecule has 31 heavy (non-hydrogen) atoms. The number of rotatable bonds is 5. The van der Waals surface area contributed by atoms with Gasteiger partial charge in [0, 0.05) is 29.4 Å². The van der Waals surface area contributed by atoms with Gasteiger partial charge in [-0.3, -0.25) is 4.79 Å². The lowest BCUT2D eigenvalue weighted by atomic mass is 10.1. The van der Waals surface area contributed by atoms with Crippen LogP contribution in [0.1, 0.15) is 15.9 Å². The number of aromatic nitrogens is 5. The van der Waals surface area contributed by atoms with E-state index in [-0.39, 0.29) is 18.3 Å². The van der Waals surface area contributed by atoms with Gasteiger partial charge in [-0.15, -0.1) is 0 Å². The quantitative estimate of drug-likeness (QED) is 0.459. The van der Waals surface area contributed by atoms with Crippen molar-refractivity contribution in [3.8, 4) is 16.9 Å². The van der Waals surface area contributed by atoms with Crippen LogP contribution in [0.3, 0.4) is 0 Å². The first-order chi connectivity index (χ1) is 15.2. The second-order valence-corrected chi connectivity index (χ2v) is 7.00. The molecular formula is C23H17FN6O. The van der Waals surface area contributed by atoms with Crippen LogP contribution < -0.4 is 5.32 Å². The number of amides is 1. The van der Waals surface area contributed by atoms with Crippen molar-refractivity contribution in [1.82, 2.24) is 30.5 Å². The molecule has 0 saturated heterocycles. The van der Waals surface area contributed by atoms with Gasteiger partial charge in [-0.05, 0) is 54.6 Å². The summed E-state index contributed by atoms with van der Waals surface area (Å²) < 4.78 is 15.2. The summed E-state index contributed by atoms with van der Waals surface area (Å²) in [5.74, 6) is -0.549. The lowest BCUT2D eigenvalue weighted by molar-refractivity contribution is 0.0951.